The second-order valence-corrected chi connectivity index (χ2v) is 6.32. The lowest BCUT2D eigenvalue weighted by molar-refractivity contribution is 0.637. The maximum absolute atomic E-state index is 2.30. The molecule has 0 atom stereocenters. The average molecular weight is 190 g/mol. The Hall–Kier alpha value is 0.700. The van der Waals surface area contributed by atoms with Crippen LogP contribution in [0.3, 0.4) is 0 Å². The maximum atomic E-state index is 2.30. The van der Waals surface area contributed by atoms with Crippen LogP contribution in [0.25, 0.3) is 0 Å². The molecular formula is C9H18S2. The molecule has 1 aliphatic rings. The fourth-order valence-corrected chi connectivity index (χ4v) is 5.31. The number of hydrogen-bond donors (Lipinski definition) is 0. The van der Waals surface area contributed by atoms with E-state index in [-0.39, 0.29) is 0 Å². The van der Waals surface area contributed by atoms with Gasteiger partial charge in [0.2, 0.25) is 0 Å². The van der Waals surface area contributed by atoms with Gasteiger partial charge in [0, 0.05) is 11.5 Å². The summed E-state index contributed by atoms with van der Waals surface area (Å²) in [7, 11) is 0. The van der Waals surface area contributed by atoms with Gasteiger partial charge >= 0.3 is 0 Å². The van der Waals surface area contributed by atoms with Crippen molar-refractivity contribution in [2.75, 3.05) is 11.5 Å². The molecule has 2 heteroatoms. The molecule has 1 heterocycles. The minimum Gasteiger partial charge on any atom is -0.143 e. The van der Waals surface area contributed by atoms with E-state index < -0.39 is 0 Å². The summed E-state index contributed by atoms with van der Waals surface area (Å²) >= 11 is 4.40. The largest absolute Gasteiger partial charge is 0.143 e. The molecule has 0 radical (unpaired) electrons. The summed E-state index contributed by atoms with van der Waals surface area (Å²) in [5.41, 5.74) is 0. The Morgan fingerprint density at radius 1 is 1.00 bits per heavy atom. The molecule has 66 valence electrons. The highest BCUT2D eigenvalue weighted by Gasteiger charge is 2.33. The Labute approximate surface area is 78.9 Å². The summed E-state index contributed by atoms with van der Waals surface area (Å²) < 4.78 is 0.628. The smallest absolute Gasteiger partial charge is 0.0611 e. The second-order valence-electron chi connectivity index (χ2n) is 3.11. The normalized spacial score (nSPS) is 22.4. The molecule has 0 aromatic carbocycles. The van der Waals surface area contributed by atoms with Crippen molar-refractivity contribution in [3.63, 3.8) is 0 Å². The molecule has 0 aliphatic carbocycles. The molecule has 0 aromatic heterocycles. The first kappa shape index (κ1) is 9.79. The van der Waals surface area contributed by atoms with Crippen LogP contribution in [0.2, 0.25) is 0 Å². The number of hydrogen-bond acceptors (Lipinski definition) is 2. The quantitative estimate of drug-likeness (QED) is 0.662. The van der Waals surface area contributed by atoms with Crippen LogP contribution in [-0.2, 0) is 0 Å². The molecule has 0 N–H and O–H groups in total. The van der Waals surface area contributed by atoms with Gasteiger partial charge in [0.05, 0.1) is 4.08 Å². The molecule has 1 aliphatic heterocycles. The van der Waals surface area contributed by atoms with Crippen molar-refractivity contribution < 1.29 is 0 Å². The molecule has 11 heavy (non-hydrogen) atoms. The van der Waals surface area contributed by atoms with Gasteiger partial charge in [-0.1, -0.05) is 26.7 Å². The maximum Gasteiger partial charge on any atom is 0.0611 e. The van der Waals surface area contributed by atoms with E-state index in [9.17, 15) is 0 Å². The molecule has 0 spiro atoms. The topological polar surface area (TPSA) is 0 Å². The first-order valence-electron chi connectivity index (χ1n) is 4.61. The minimum absolute atomic E-state index is 0.628. The lowest BCUT2D eigenvalue weighted by atomic mass is 10.1. The van der Waals surface area contributed by atoms with E-state index >= 15 is 0 Å². The monoisotopic (exact) mass is 190 g/mol. The van der Waals surface area contributed by atoms with Crippen LogP contribution in [0.1, 0.15) is 39.5 Å². The van der Waals surface area contributed by atoms with Crippen molar-refractivity contribution in [1.29, 1.82) is 0 Å². The Kier molecular flexibility index (Phi) is 4.14. The summed E-state index contributed by atoms with van der Waals surface area (Å²) in [6.45, 7) is 4.60. The minimum atomic E-state index is 0.628. The van der Waals surface area contributed by atoms with E-state index in [1.165, 1.54) is 37.2 Å². The third kappa shape index (κ3) is 2.59. The van der Waals surface area contributed by atoms with E-state index in [0.29, 0.717) is 4.08 Å². The van der Waals surface area contributed by atoms with Crippen LogP contribution in [0.15, 0.2) is 0 Å². The summed E-state index contributed by atoms with van der Waals surface area (Å²) in [6.07, 6.45) is 5.52. The molecule has 0 amide bonds. The van der Waals surface area contributed by atoms with Crippen molar-refractivity contribution in [1.82, 2.24) is 0 Å². The predicted molar refractivity (Wildman–Crippen MR) is 57.5 cm³/mol. The van der Waals surface area contributed by atoms with Gasteiger partial charge in [-0.05, 0) is 12.8 Å². The molecule has 1 fully saturated rings. The zero-order valence-corrected chi connectivity index (χ0v) is 9.19. The van der Waals surface area contributed by atoms with Crippen molar-refractivity contribution in [3.8, 4) is 0 Å². The highest BCUT2D eigenvalue weighted by Crippen LogP contribution is 2.49. The van der Waals surface area contributed by atoms with Gasteiger partial charge in [0.1, 0.15) is 0 Å². The molecule has 0 bridgehead atoms. The third-order valence-corrected chi connectivity index (χ3v) is 5.73. The van der Waals surface area contributed by atoms with Gasteiger partial charge in [0.15, 0.2) is 0 Å². The van der Waals surface area contributed by atoms with E-state index in [4.69, 9.17) is 0 Å². The van der Waals surface area contributed by atoms with Gasteiger partial charge in [-0.25, -0.2) is 0 Å². The predicted octanol–water partition coefficient (Wildman–Crippen LogP) is 3.76. The summed E-state index contributed by atoms with van der Waals surface area (Å²) in [5.74, 6) is 2.76. The molecule has 1 rings (SSSR count). The Morgan fingerprint density at radius 3 is 1.82 bits per heavy atom. The van der Waals surface area contributed by atoms with Crippen molar-refractivity contribution in [2.24, 2.45) is 0 Å². The van der Waals surface area contributed by atoms with E-state index in [0.717, 1.165) is 0 Å². The SMILES string of the molecule is CCCC1(CCC)SCCS1. The average Bonchev–Trinajstić information content (AvgIpc) is 2.39. The van der Waals surface area contributed by atoms with Crippen molar-refractivity contribution in [3.05, 3.63) is 0 Å². The van der Waals surface area contributed by atoms with Gasteiger partial charge in [-0.2, -0.15) is 0 Å². The number of rotatable bonds is 4. The van der Waals surface area contributed by atoms with Crippen LogP contribution >= 0.6 is 23.5 Å². The Balaban J connectivity index is 2.40. The Bertz CT molecular complexity index is 98.1. The van der Waals surface area contributed by atoms with Gasteiger partial charge in [0.25, 0.3) is 0 Å². The summed E-state index contributed by atoms with van der Waals surface area (Å²) in [6, 6.07) is 0. The summed E-state index contributed by atoms with van der Waals surface area (Å²) in [5, 5.41) is 0. The lowest BCUT2D eigenvalue weighted by Gasteiger charge is -2.25. The second kappa shape index (κ2) is 4.66. The highest BCUT2D eigenvalue weighted by molar-refractivity contribution is 8.21. The standard InChI is InChI=1S/C9H18S2/c1-3-5-9(6-4-2)10-7-8-11-9/h3-8H2,1-2H3. The fourth-order valence-electron chi connectivity index (χ4n) is 1.67. The first-order chi connectivity index (χ1) is 5.33. The van der Waals surface area contributed by atoms with Crippen molar-refractivity contribution in [2.45, 2.75) is 43.6 Å². The molecular weight excluding hydrogens is 172 g/mol. The molecule has 0 unspecified atom stereocenters. The molecule has 0 saturated carbocycles. The van der Waals surface area contributed by atoms with Gasteiger partial charge < -0.3 is 0 Å². The van der Waals surface area contributed by atoms with Gasteiger partial charge in [-0.15, -0.1) is 23.5 Å². The van der Waals surface area contributed by atoms with Crippen LogP contribution < -0.4 is 0 Å². The van der Waals surface area contributed by atoms with Crippen molar-refractivity contribution >= 4 is 23.5 Å². The van der Waals surface area contributed by atoms with E-state index in [1.54, 1.807) is 0 Å². The molecule has 0 nitrogen and oxygen atoms in total. The highest BCUT2D eigenvalue weighted by atomic mass is 32.2. The van der Waals surface area contributed by atoms with Crippen LogP contribution in [-0.4, -0.2) is 15.6 Å². The van der Waals surface area contributed by atoms with Crippen LogP contribution in [0, 0.1) is 0 Å². The zero-order chi connectivity index (χ0) is 8.16. The van der Waals surface area contributed by atoms with E-state index in [1.807, 2.05) is 0 Å². The molecule has 0 aromatic rings. The number of thioether (sulfide) groups is 2. The van der Waals surface area contributed by atoms with Gasteiger partial charge in [-0.3, -0.25) is 0 Å². The zero-order valence-electron chi connectivity index (χ0n) is 7.56. The van der Waals surface area contributed by atoms with E-state index in [2.05, 4.69) is 37.4 Å². The van der Waals surface area contributed by atoms with Crippen LogP contribution in [0.5, 0.6) is 0 Å². The third-order valence-electron chi connectivity index (χ3n) is 2.08. The summed E-state index contributed by atoms with van der Waals surface area (Å²) in [4.78, 5) is 0. The Morgan fingerprint density at radius 2 is 1.45 bits per heavy atom. The molecule has 1 saturated heterocycles. The fraction of sp³-hybridized carbons (Fsp3) is 1.00. The first-order valence-corrected chi connectivity index (χ1v) is 6.58. The lowest BCUT2D eigenvalue weighted by Crippen LogP contribution is -2.15. The van der Waals surface area contributed by atoms with Crippen LogP contribution in [0.4, 0.5) is 0 Å².